The Morgan fingerprint density at radius 2 is 1.62 bits per heavy atom. The van der Waals surface area contributed by atoms with Gasteiger partial charge < -0.3 is 9.47 Å². The topological polar surface area (TPSA) is 18.5 Å². The zero-order valence-electron chi connectivity index (χ0n) is 15.7. The van der Waals surface area contributed by atoms with Crippen molar-refractivity contribution in [2.75, 3.05) is 13.7 Å². The van der Waals surface area contributed by atoms with Crippen molar-refractivity contribution in [3.63, 3.8) is 0 Å². The van der Waals surface area contributed by atoms with Crippen LogP contribution in [0.1, 0.15) is 51.4 Å². The second-order valence-corrected chi connectivity index (χ2v) is 8.27. The predicted molar refractivity (Wildman–Crippen MR) is 105 cm³/mol. The fraction of sp³-hybridized carbons (Fsp3) is 0.636. The SMILES string of the molecule is C=CC1CCC(C2CCC(COc3ccc(OC)c(F)c3Cl)CC2)CC1. The smallest absolute Gasteiger partial charge is 0.187 e. The molecule has 0 amide bonds. The third-order valence-electron chi connectivity index (χ3n) is 6.41. The minimum Gasteiger partial charge on any atom is -0.494 e. The van der Waals surface area contributed by atoms with Crippen LogP contribution in [-0.2, 0) is 0 Å². The van der Waals surface area contributed by atoms with Crippen molar-refractivity contribution in [2.45, 2.75) is 51.4 Å². The zero-order valence-corrected chi connectivity index (χ0v) is 16.4. The fourth-order valence-electron chi connectivity index (χ4n) is 4.67. The highest BCUT2D eigenvalue weighted by Gasteiger charge is 2.30. The maximum Gasteiger partial charge on any atom is 0.187 e. The van der Waals surface area contributed by atoms with E-state index in [1.165, 1.54) is 58.5 Å². The summed E-state index contributed by atoms with van der Waals surface area (Å²) in [4.78, 5) is 0. The van der Waals surface area contributed by atoms with Crippen LogP contribution in [0.25, 0.3) is 0 Å². The van der Waals surface area contributed by atoms with Crippen LogP contribution in [0.15, 0.2) is 24.8 Å². The maximum absolute atomic E-state index is 14.0. The normalized spacial score (nSPS) is 29.2. The molecule has 2 saturated carbocycles. The molecule has 0 saturated heterocycles. The largest absolute Gasteiger partial charge is 0.494 e. The molecule has 0 heterocycles. The van der Waals surface area contributed by atoms with E-state index in [2.05, 4.69) is 12.7 Å². The van der Waals surface area contributed by atoms with E-state index in [0.717, 1.165) is 17.8 Å². The lowest BCUT2D eigenvalue weighted by molar-refractivity contribution is 0.129. The van der Waals surface area contributed by atoms with Gasteiger partial charge in [-0.25, -0.2) is 4.39 Å². The Balaban J connectivity index is 1.45. The van der Waals surface area contributed by atoms with Crippen LogP contribution in [0, 0.1) is 29.5 Å². The van der Waals surface area contributed by atoms with E-state index in [1.54, 1.807) is 12.1 Å². The van der Waals surface area contributed by atoms with Gasteiger partial charge in [-0.2, -0.15) is 0 Å². The summed E-state index contributed by atoms with van der Waals surface area (Å²) in [5.41, 5.74) is 0. The third-order valence-corrected chi connectivity index (χ3v) is 6.77. The number of rotatable bonds is 6. The molecule has 2 aliphatic rings. The molecule has 0 unspecified atom stereocenters. The highest BCUT2D eigenvalue weighted by atomic mass is 35.5. The molecule has 0 N–H and O–H groups in total. The Labute approximate surface area is 161 Å². The summed E-state index contributed by atoms with van der Waals surface area (Å²) in [6.07, 6.45) is 12.5. The van der Waals surface area contributed by atoms with Gasteiger partial charge in [-0.1, -0.05) is 17.7 Å². The third kappa shape index (κ3) is 4.54. The Bertz CT molecular complexity index is 602. The van der Waals surface area contributed by atoms with Crippen molar-refractivity contribution < 1.29 is 13.9 Å². The lowest BCUT2D eigenvalue weighted by Gasteiger charge is -2.37. The van der Waals surface area contributed by atoms with Crippen molar-refractivity contribution in [1.82, 2.24) is 0 Å². The highest BCUT2D eigenvalue weighted by molar-refractivity contribution is 6.32. The molecule has 4 heteroatoms. The van der Waals surface area contributed by atoms with Gasteiger partial charge >= 0.3 is 0 Å². The lowest BCUT2D eigenvalue weighted by Crippen LogP contribution is -2.27. The van der Waals surface area contributed by atoms with Crippen molar-refractivity contribution >= 4 is 11.6 Å². The lowest BCUT2D eigenvalue weighted by atomic mass is 9.69. The molecule has 0 aliphatic heterocycles. The Hall–Kier alpha value is -1.22. The Morgan fingerprint density at radius 3 is 2.19 bits per heavy atom. The van der Waals surface area contributed by atoms with Crippen LogP contribution >= 0.6 is 11.6 Å². The van der Waals surface area contributed by atoms with Crippen LogP contribution < -0.4 is 9.47 Å². The molecule has 0 atom stereocenters. The van der Waals surface area contributed by atoms with E-state index in [4.69, 9.17) is 21.1 Å². The molecule has 0 bridgehead atoms. The summed E-state index contributed by atoms with van der Waals surface area (Å²) in [5.74, 6) is 3.06. The van der Waals surface area contributed by atoms with Gasteiger partial charge in [-0.3, -0.25) is 0 Å². The van der Waals surface area contributed by atoms with Gasteiger partial charge in [0.1, 0.15) is 10.8 Å². The number of halogens is 2. The summed E-state index contributed by atoms with van der Waals surface area (Å²) in [6.45, 7) is 4.56. The number of hydrogen-bond acceptors (Lipinski definition) is 2. The Morgan fingerprint density at radius 1 is 1.04 bits per heavy atom. The van der Waals surface area contributed by atoms with E-state index in [-0.39, 0.29) is 10.8 Å². The molecule has 2 nitrogen and oxygen atoms in total. The Kier molecular flexibility index (Phi) is 6.86. The van der Waals surface area contributed by atoms with Crippen LogP contribution in [0.4, 0.5) is 4.39 Å². The second kappa shape index (κ2) is 9.12. The molecule has 26 heavy (non-hydrogen) atoms. The summed E-state index contributed by atoms with van der Waals surface area (Å²) < 4.78 is 24.8. The first-order chi connectivity index (χ1) is 12.6. The summed E-state index contributed by atoms with van der Waals surface area (Å²) >= 11 is 6.06. The summed E-state index contributed by atoms with van der Waals surface area (Å²) in [6, 6.07) is 3.25. The molecule has 1 aromatic carbocycles. The molecule has 2 aliphatic carbocycles. The minimum absolute atomic E-state index is 0.0111. The second-order valence-electron chi connectivity index (χ2n) is 7.90. The molecule has 144 valence electrons. The minimum atomic E-state index is -0.550. The summed E-state index contributed by atoms with van der Waals surface area (Å²) in [5, 5.41) is 0.0111. The van der Waals surface area contributed by atoms with Gasteiger partial charge in [0, 0.05) is 0 Å². The average Bonchev–Trinajstić information content (AvgIpc) is 2.70. The van der Waals surface area contributed by atoms with Gasteiger partial charge in [0.25, 0.3) is 0 Å². The molecule has 3 rings (SSSR count). The monoisotopic (exact) mass is 380 g/mol. The first kappa shape index (κ1) is 19.5. The van der Waals surface area contributed by atoms with E-state index in [1.807, 2.05) is 0 Å². The molecule has 2 fully saturated rings. The average molecular weight is 381 g/mol. The summed E-state index contributed by atoms with van der Waals surface area (Å²) in [7, 11) is 1.43. The number of allylic oxidation sites excluding steroid dienone is 1. The maximum atomic E-state index is 14.0. The van der Waals surface area contributed by atoms with Crippen molar-refractivity contribution in [2.24, 2.45) is 23.7 Å². The number of benzene rings is 1. The molecule has 0 radical (unpaired) electrons. The number of hydrogen-bond donors (Lipinski definition) is 0. The van der Waals surface area contributed by atoms with Gasteiger partial charge in [0.15, 0.2) is 11.6 Å². The van der Waals surface area contributed by atoms with Gasteiger partial charge in [-0.15, -0.1) is 6.58 Å². The quantitative estimate of drug-likeness (QED) is 0.513. The van der Waals surface area contributed by atoms with E-state index in [0.29, 0.717) is 18.3 Å². The fourth-order valence-corrected chi connectivity index (χ4v) is 4.88. The van der Waals surface area contributed by atoms with E-state index in [9.17, 15) is 4.39 Å². The van der Waals surface area contributed by atoms with Crippen LogP contribution in [-0.4, -0.2) is 13.7 Å². The highest BCUT2D eigenvalue weighted by Crippen LogP contribution is 2.42. The van der Waals surface area contributed by atoms with Crippen LogP contribution in [0.3, 0.4) is 0 Å². The molecule has 0 aromatic heterocycles. The van der Waals surface area contributed by atoms with Gasteiger partial charge in [0.05, 0.1) is 13.7 Å². The van der Waals surface area contributed by atoms with Crippen molar-refractivity contribution in [1.29, 1.82) is 0 Å². The first-order valence-corrected chi connectivity index (χ1v) is 10.3. The van der Waals surface area contributed by atoms with Crippen LogP contribution in [0.2, 0.25) is 5.02 Å². The predicted octanol–water partition coefficient (Wildman–Crippen LogP) is 6.67. The van der Waals surface area contributed by atoms with Crippen molar-refractivity contribution in [3.8, 4) is 11.5 Å². The van der Waals surface area contributed by atoms with Crippen LogP contribution in [0.5, 0.6) is 11.5 Å². The van der Waals surface area contributed by atoms with Crippen molar-refractivity contribution in [3.05, 3.63) is 35.6 Å². The van der Waals surface area contributed by atoms with E-state index < -0.39 is 5.82 Å². The zero-order chi connectivity index (χ0) is 18.5. The molecular formula is C22H30ClFO2. The first-order valence-electron chi connectivity index (χ1n) is 9.89. The molecular weight excluding hydrogens is 351 g/mol. The van der Waals surface area contributed by atoms with E-state index >= 15 is 0 Å². The molecule has 1 aromatic rings. The standard InChI is InChI=1S/C22H30ClFO2/c1-3-15-4-8-17(9-5-15)18-10-6-16(7-11-18)14-26-19-12-13-20(25-2)22(24)21(19)23/h3,12-13,15-18H,1,4-11,14H2,2H3. The molecule has 0 spiro atoms. The number of methoxy groups -OCH3 is 1. The van der Waals surface area contributed by atoms with Gasteiger partial charge in [-0.05, 0) is 87.2 Å². The number of ether oxygens (including phenoxy) is 2. The van der Waals surface area contributed by atoms with Gasteiger partial charge in [0.2, 0.25) is 0 Å².